The number of nitrogen functional groups attached to an aromatic ring is 1. The van der Waals surface area contributed by atoms with Gasteiger partial charge in [-0.1, -0.05) is 17.4 Å². The highest BCUT2D eigenvalue weighted by Crippen LogP contribution is 2.39. The number of carbonyl (C=O) groups is 1. The predicted molar refractivity (Wildman–Crippen MR) is 115 cm³/mol. The minimum atomic E-state index is -0.292. The van der Waals surface area contributed by atoms with Crippen LogP contribution in [0.5, 0.6) is 0 Å². The van der Waals surface area contributed by atoms with Crippen LogP contribution in [0, 0.1) is 11.8 Å². The molecule has 0 unspecified atom stereocenters. The molecule has 1 amide bonds. The number of nitrogens with two attached hydrogens (primary N) is 1. The summed E-state index contributed by atoms with van der Waals surface area (Å²) in [6.07, 6.45) is 1.49. The van der Waals surface area contributed by atoms with Gasteiger partial charge in [0.15, 0.2) is 5.13 Å². The number of anilines is 1. The number of rotatable bonds is 2. The van der Waals surface area contributed by atoms with E-state index in [2.05, 4.69) is 21.8 Å². The van der Waals surface area contributed by atoms with E-state index >= 15 is 0 Å². The summed E-state index contributed by atoms with van der Waals surface area (Å²) in [5.74, 6) is 0.931. The molecule has 3 heterocycles. The van der Waals surface area contributed by atoms with Crippen molar-refractivity contribution >= 4 is 32.6 Å². The maximum absolute atomic E-state index is 13.3. The monoisotopic (exact) mass is 415 g/mol. The number of aromatic nitrogens is 1. The number of likely N-dealkylation sites (N-methyl/N-ethyl adjacent to an activating group) is 1. The molecule has 3 fully saturated rings. The van der Waals surface area contributed by atoms with Crippen LogP contribution in [0.25, 0.3) is 10.2 Å². The second-order valence-electron chi connectivity index (χ2n) is 8.88. The first-order valence-corrected chi connectivity index (χ1v) is 11.4. The first-order chi connectivity index (χ1) is 14.0. The van der Waals surface area contributed by atoms with Crippen LogP contribution in [-0.2, 0) is 0 Å². The normalized spacial score (nSPS) is 31.3. The zero-order valence-corrected chi connectivity index (χ0v) is 17.6. The van der Waals surface area contributed by atoms with Crippen LogP contribution in [0.2, 0.25) is 0 Å². The van der Waals surface area contributed by atoms with E-state index in [1.165, 1.54) is 11.3 Å². The van der Waals surface area contributed by atoms with Gasteiger partial charge >= 0.3 is 0 Å². The molecule has 1 saturated carbocycles. The van der Waals surface area contributed by atoms with Gasteiger partial charge in [-0.05, 0) is 43.9 Å². The molecule has 0 radical (unpaired) electrons. The van der Waals surface area contributed by atoms with E-state index in [0.29, 0.717) is 22.5 Å². The number of nitrogens with zero attached hydrogens (tertiary/aromatic N) is 4. The van der Waals surface area contributed by atoms with Crippen molar-refractivity contribution in [1.29, 1.82) is 0 Å². The Bertz CT molecular complexity index is 910. The van der Waals surface area contributed by atoms with E-state index < -0.39 is 0 Å². The number of carbonyl (C=O) groups excluding carboxylic acids is 1. The summed E-state index contributed by atoms with van der Waals surface area (Å²) in [5, 5.41) is 11.3. The molecule has 2 aromatic rings. The van der Waals surface area contributed by atoms with E-state index in [0.717, 1.165) is 62.3 Å². The summed E-state index contributed by atoms with van der Waals surface area (Å²) in [7, 11) is 2.16. The SMILES string of the molecule is CN1CCN([C@@H]2C[C@@H]3CN(C(=O)c4cccc5nc(N)sc45)C[C@@H]3C[C@H]2O)CC1. The van der Waals surface area contributed by atoms with Gasteiger partial charge in [0.1, 0.15) is 0 Å². The van der Waals surface area contributed by atoms with Gasteiger partial charge in [0.25, 0.3) is 5.91 Å². The number of hydrogen-bond acceptors (Lipinski definition) is 7. The van der Waals surface area contributed by atoms with E-state index in [4.69, 9.17) is 5.73 Å². The third-order valence-electron chi connectivity index (χ3n) is 7.07. The first-order valence-electron chi connectivity index (χ1n) is 10.5. The minimum Gasteiger partial charge on any atom is -0.391 e. The molecule has 0 bridgehead atoms. The standard InChI is InChI=1S/C21H29N5O2S/c1-24-5-7-25(8-6-24)17-9-13-11-26(12-14(13)10-18(17)27)20(28)15-3-2-4-16-19(15)29-21(22)23-16/h2-4,13-14,17-18,27H,5-12H2,1H3,(H2,22,23)/t13-,14+,17-,18-/m1/s1. The van der Waals surface area contributed by atoms with Crippen molar-refractivity contribution < 1.29 is 9.90 Å². The lowest BCUT2D eigenvalue weighted by molar-refractivity contribution is -0.0249. The quantitative estimate of drug-likeness (QED) is 0.770. The number of hydrogen-bond donors (Lipinski definition) is 2. The molecule has 7 nitrogen and oxygen atoms in total. The lowest BCUT2D eigenvalue weighted by Gasteiger charge is -2.44. The number of benzene rings is 1. The second-order valence-corrected chi connectivity index (χ2v) is 9.91. The predicted octanol–water partition coefficient (Wildman–Crippen LogP) is 1.34. The van der Waals surface area contributed by atoms with Crippen molar-refractivity contribution in [3.8, 4) is 0 Å². The summed E-state index contributed by atoms with van der Waals surface area (Å²) in [5.41, 5.74) is 7.36. The number of piperazine rings is 1. The van der Waals surface area contributed by atoms with Crippen LogP contribution >= 0.6 is 11.3 Å². The van der Waals surface area contributed by atoms with E-state index in [-0.39, 0.29) is 18.1 Å². The number of likely N-dealkylation sites (tertiary alicyclic amines) is 1. The molecule has 0 spiro atoms. The molecular weight excluding hydrogens is 386 g/mol. The smallest absolute Gasteiger partial charge is 0.255 e. The topological polar surface area (TPSA) is 85.9 Å². The molecule has 5 rings (SSSR count). The highest BCUT2D eigenvalue weighted by Gasteiger charge is 2.45. The number of fused-ring (bicyclic) bond motifs is 2. The maximum Gasteiger partial charge on any atom is 0.255 e. The van der Waals surface area contributed by atoms with Gasteiger partial charge in [0, 0.05) is 45.3 Å². The van der Waals surface area contributed by atoms with Crippen LogP contribution in [0.4, 0.5) is 5.13 Å². The Morgan fingerprint density at radius 1 is 1.17 bits per heavy atom. The summed E-state index contributed by atoms with van der Waals surface area (Å²) in [4.78, 5) is 24.4. The Morgan fingerprint density at radius 3 is 2.66 bits per heavy atom. The van der Waals surface area contributed by atoms with Crippen molar-refractivity contribution in [2.45, 2.75) is 25.0 Å². The van der Waals surface area contributed by atoms with Gasteiger partial charge in [-0.25, -0.2) is 4.98 Å². The number of aliphatic hydroxyl groups is 1. The van der Waals surface area contributed by atoms with Gasteiger partial charge < -0.3 is 20.6 Å². The second kappa shape index (κ2) is 7.50. The first kappa shape index (κ1) is 19.2. The lowest BCUT2D eigenvalue weighted by atomic mass is 9.77. The molecule has 156 valence electrons. The number of amides is 1. The van der Waals surface area contributed by atoms with Crippen molar-refractivity contribution in [1.82, 2.24) is 19.7 Å². The van der Waals surface area contributed by atoms with Crippen molar-refractivity contribution in [2.75, 3.05) is 52.0 Å². The Labute approximate surface area is 175 Å². The lowest BCUT2D eigenvalue weighted by Crippen LogP contribution is -2.55. The zero-order chi connectivity index (χ0) is 20.1. The zero-order valence-electron chi connectivity index (χ0n) is 16.8. The summed E-state index contributed by atoms with van der Waals surface area (Å²) in [6.45, 7) is 5.68. The molecule has 1 aromatic carbocycles. The summed E-state index contributed by atoms with van der Waals surface area (Å²) >= 11 is 1.38. The molecule has 3 N–H and O–H groups in total. The Hall–Kier alpha value is -1.74. The van der Waals surface area contributed by atoms with Gasteiger partial charge in [-0.15, -0.1) is 0 Å². The largest absolute Gasteiger partial charge is 0.391 e. The highest BCUT2D eigenvalue weighted by molar-refractivity contribution is 7.22. The summed E-state index contributed by atoms with van der Waals surface area (Å²) < 4.78 is 0.875. The van der Waals surface area contributed by atoms with Crippen LogP contribution in [-0.4, -0.2) is 89.2 Å². The number of thiazole rings is 1. The molecule has 1 aliphatic carbocycles. The van der Waals surface area contributed by atoms with Crippen LogP contribution < -0.4 is 5.73 Å². The van der Waals surface area contributed by atoms with Crippen LogP contribution in [0.1, 0.15) is 23.2 Å². The minimum absolute atomic E-state index is 0.0688. The third kappa shape index (κ3) is 3.52. The third-order valence-corrected chi connectivity index (χ3v) is 8.00. The Balaban J connectivity index is 1.31. The molecule has 3 aliphatic rings. The van der Waals surface area contributed by atoms with Gasteiger partial charge in [0.2, 0.25) is 0 Å². The number of aliphatic hydroxyl groups excluding tert-OH is 1. The van der Waals surface area contributed by atoms with Crippen molar-refractivity contribution in [3.63, 3.8) is 0 Å². The van der Waals surface area contributed by atoms with E-state index in [1.54, 1.807) is 0 Å². The van der Waals surface area contributed by atoms with Crippen molar-refractivity contribution in [3.05, 3.63) is 23.8 Å². The van der Waals surface area contributed by atoms with E-state index in [9.17, 15) is 9.90 Å². The molecule has 4 atom stereocenters. The van der Waals surface area contributed by atoms with Gasteiger partial charge in [-0.3, -0.25) is 9.69 Å². The van der Waals surface area contributed by atoms with Crippen LogP contribution in [0.15, 0.2) is 18.2 Å². The fourth-order valence-corrected chi connectivity index (χ4v) is 6.26. The van der Waals surface area contributed by atoms with Gasteiger partial charge in [-0.2, -0.15) is 0 Å². The molecule has 2 saturated heterocycles. The molecule has 29 heavy (non-hydrogen) atoms. The molecule has 8 heteroatoms. The summed E-state index contributed by atoms with van der Waals surface area (Å²) in [6, 6.07) is 5.89. The Kier molecular flexibility index (Phi) is 4.98. The van der Waals surface area contributed by atoms with Gasteiger partial charge in [0.05, 0.1) is 21.9 Å². The fraction of sp³-hybridized carbons (Fsp3) is 0.619. The highest BCUT2D eigenvalue weighted by atomic mass is 32.1. The molecule has 2 aliphatic heterocycles. The fourth-order valence-electron chi connectivity index (χ4n) is 5.42. The molecular formula is C21H29N5O2S. The Morgan fingerprint density at radius 2 is 1.90 bits per heavy atom. The van der Waals surface area contributed by atoms with Crippen molar-refractivity contribution in [2.24, 2.45) is 11.8 Å². The van der Waals surface area contributed by atoms with E-state index in [1.807, 2.05) is 23.1 Å². The van der Waals surface area contributed by atoms with Crippen LogP contribution in [0.3, 0.4) is 0 Å². The maximum atomic E-state index is 13.3. The molecule has 1 aromatic heterocycles. The average molecular weight is 416 g/mol. The average Bonchev–Trinajstić information content (AvgIpc) is 3.29.